The molecule has 4 aliphatic heterocycles. The highest BCUT2D eigenvalue weighted by atomic mass is 16.8. The van der Waals surface area contributed by atoms with Crippen LogP contribution in [0.3, 0.4) is 0 Å². The molecule has 0 aromatic rings. The van der Waals surface area contributed by atoms with Crippen LogP contribution in [-0.2, 0) is 37.9 Å². The summed E-state index contributed by atoms with van der Waals surface area (Å²) in [6, 6.07) is 0. The van der Waals surface area contributed by atoms with E-state index in [0.717, 1.165) is 0 Å². The van der Waals surface area contributed by atoms with Crippen molar-refractivity contribution in [2.24, 2.45) is 0 Å². The number of ether oxygens (including phenoxy) is 8. The standard InChI is InChI=1S/C23H40O17/c1-6-10(26)12(28)15(31)21(36-6)39-18-9(25)5-35-23(33-3)19(18)40-22-16(32)13(29)17(7(2)37-22)38-20-14(30)11(27)8(24)4-34-20/h6-32H,4-5H2,1-3H3/t6-,7-,8+,9+,10-,11-,12+,13-,14+,15+,16+,17-,18-,19+,20-,21-,22-,23+/m0/s1. The molecule has 0 spiro atoms. The number of aliphatic hydroxyl groups is 9. The van der Waals surface area contributed by atoms with Crippen LogP contribution in [0.25, 0.3) is 0 Å². The highest BCUT2D eigenvalue weighted by molar-refractivity contribution is 4.94. The molecule has 40 heavy (non-hydrogen) atoms. The van der Waals surface area contributed by atoms with Crippen LogP contribution >= 0.6 is 0 Å². The molecule has 234 valence electrons. The summed E-state index contributed by atoms with van der Waals surface area (Å²) in [5.41, 5.74) is 0. The molecule has 4 aliphatic rings. The molecule has 0 radical (unpaired) electrons. The first kappa shape index (κ1) is 32.2. The van der Waals surface area contributed by atoms with Gasteiger partial charge in [-0.1, -0.05) is 0 Å². The molecule has 0 bridgehead atoms. The quantitative estimate of drug-likeness (QED) is 0.134. The highest BCUT2D eigenvalue weighted by Crippen LogP contribution is 2.33. The van der Waals surface area contributed by atoms with Crippen LogP contribution < -0.4 is 0 Å². The Bertz CT molecular complexity index is 807. The molecule has 0 aromatic carbocycles. The lowest BCUT2D eigenvalue weighted by atomic mass is 9.98. The first-order chi connectivity index (χ1) is 18.8. The maximum absolute atomic E-state index is 10.8. The number of hydrogen-bond donors (Lipinski definition) is 9. The molecule has 0 amide bonds. The minimum absolute atomic E-state index is 0.278. The van der Waals surface area contributed by atoms with Crippen molar-refractivity contribution in [2.45, 2.75) is 124 Å². The molecule has 0 aliphatic carbocycles. The largest absolute Gasteiger partial charge is 0.388 e. The van der Waals surface area contributed by atoms with Gasteiger partial charge in [-0.25, -0.2) is 0 Å². The van der Waals surface area contributed by atoms with Crippen molar-refractivity contribution < 1.29 is 83.9 Å². The van der Waals surface area contributed by atoms with Crippen molar-refractivity contribution in [3.63, 3.8) is 0 Å². The van der Waals surface area contributed by atoms with E-state index in [0.29, 0.717) is 0 Å². The number of methoxy groups -OCH3 is 1. The lowest BCUT2D eigenvalue weighted by Gasteiger charge is -2.48. The monoisotopic (exact) mass is 588 g/mol. The van der Waals surface area contributed by atoms with E-state index < -0.39 is 111 Å². The fraction of sp³-hybridized carbons (Fsp3) is 1.00. The Kier molecular flexibility index (Phi) is 10.7. The molecule has 17 nitrogen and oxygen atoms in total. The van der Waals surface area contributed by atoms with E-state index in [2.05, 4.69) is 0 Å². The molecular formula is C23H40O17. The van der Waals surface area contributed by atoms with E-state index in [1.54, 1.807) is 0 Å². The van der Waals surface area contributed by atoms with Crippen LogP contribution in [0.2, 0.25) is 0 Å². The van der Waals surface area contributed by atoms with E-state index >= 15 is 0 Å². The zero-order valence-corrected chi connectivity index (χ0v) is 22.1. The van der Waals surface area contributed by atoms with Gasteiger partial charge in [-0.15, -0.1) is 0 Å². The Balaban J connectivity index is 1.45. The summed E-state index contributed by atoms with van der Waals surface area (Å²) in [5.74, 6) is 0. The van der Waals surface area contributed by atoms with Gasteiger partial charge in [-0.2, -0.15) is 0 Å². The predicted octanol–water partition coefficient (Wildman–Crippen LogP) is -5.76. The lowest BCUT2D eigenvalue weighted by molar-refractivity contribution is -0.385. The van der Waals surface area contributed by atoms with E-state index in [1.165, 1.54) is 21.0 Å². The highest BCUT2D eigenvalue weighted by Gasteiger charge is 2.53. The molecule has 4 fully saturated rings. The third kappa shape index (κ3) is 6.46. The van der Waals surface area contributed by atoms with Crippen LogP contribution in [0.5, 0.6) is 0 Å². The van der Waals surface area contributed by atoms with Crippen molar-refractivity contribution >= 4 is 0 Å². The smallest absolute Gasteiger partial charge is 0.187 e. The first-order valence-corrected chi connectivity index (χ1v) is 13.0. The van der Waals surface area contributed by atoms with Crippen LogP contribution in [-0.4, -0.2) is 177 Å². The fourth-order valence-corrected chi connectivity index (χ4v) is 5.06. The van der Waals surface area contributed by atoms with Crippen molar-refractivity contribution in [3.05, 3.63) is 0 Å². The van der Waals surface area contributed by atoms with Crippen LogP contribution in [0.15, 0.2) is 0 Å². The molecule has 4 heterocycles. The van der Waals surface area contributed by atoms with Crippen LogP contribution in [0.4, 0.5) is 0 Å². The van der Waals surface area contributed by atoms with Gasteiger partial charge >= 0.3 is 0 Å². The molecule has 0 unspecified atom stereocenters. The maximum Gasteiger partial charge on any atom is 0.187 e. The van der Waals surface area contributed by atoms with Crippen molar-refractivity contribution in [3.8, 4) is 0 Å². The van der Waals surface area contributed by atoms with Crippen LogP contribution in [0.1, 0.15) is 13.8 Å². The molecule has 17 heteroatoms. The summed E-state index contributed by atoms with van der Waals surface area (Å²) in [7, 11) is 1.28. The van der Waals surface area contributed by atoms with Crippen LogP contribution in [0, 0.1) is 0 Å². The number of rotatable bonds is 7. The molecule has 0 aromatic heterocycles. The van der Waals surface area contributed by atoms with E-state index in [9.17, 15) is 46.0 Å². The normalized spacial score (nSPS) is 54.3. The topological polar surface area (TPSA) is 256 Å². The summed E-state index contributed by atoms with van der Waals surface area (Å²) >= 11 is 0. The lowest BCUT2D eigenvalue weighted by Crippen LogP contribution is -2.65. The predicted molar refractivity (Wildman–Crippen MR) is 124 cm³/mol. The van der Waals surface area contributed by atoms with Gasteiger partial charge in [-0.3, -0.25) is 0 Å². The van der Waals surface area contributed by atoms with Gasteiger partial charge in [-0.05, 0) is 13.8 Å². The molecule has 18 atom stereocenters. The summed E-state index contributed by atoms with van der Waals surface area (Å²) in [6.45, 7) is 2.31. The summed E-state index contributed by atoms with van der Waals surface area (Å²) < 4.78 is 44.4. The van der Waals surface area contributed by atoms with Gasteiger partial charge < -0.3 is 83.9 Å². The average molecular weight is 589 g/mol. The van der Waals surface area contributed by atoms with Gasteiger partial charge in [0.1, 0.15) is 73.2 Å². The number of hydrogen-bond acceptors (Lipinski definition) is 17. The summed E-state index contributed by atoms with van der Waals surface area (Å²) in [6.07, 6.45) is -25.5. The van der Waals surface area contributed by atoms with Gasteiger partial charge in [0.2, 0.25) is 0 Å². The molecule has 9 N–H and O–H groups in total. The van der Waals surface area contributed by atoms with Crippen molar-refractivity contribution in [2.75, 3.05) is 20.3 Å². The van der Waals surface area contributed by atoms with E-state index in [1.807, 2.05) is 0 Å². The summed E-state index contributed by atoms with van der Waals surface area (Å²) in [5, 5.41) is 92.5. The zero-order valence-electron chi connectivity index (χ0n) is 22.1. The minimum Gasteiger partial charge on any atom is -0.388 e. The Morgan fingerprint density at radius 2 is 0.975 bits per heavy atom. The average Bonchev–Trinajstić information content (AvgIpc) is 2.92. The Morgan fingerprint density at radius 3 is 1.62 bits per heavy atom. The van der Waals surface area contributed by atoms with E-state index in [4.69, 9.17) is 37.9 Å². The molecular weight excluding hydrogens is 548 g/mol. The van der Waals surface area contributed by atoms with Gasteiger partial charge in [0.25, 0.3) is 0 Å². The first-order valence-electron chi connectivity index (χ1n) is 13.0. The van der Waals surface area contributed by atoms with E-state index in [-0.39, 0.29) is 13.2 Å². The minimum atomic E-state index is -1.76. The maximum atomic E-state index is 10.8. The zero-order chi connectivity index (χ0) is 29.5. The van der Waals surface area contributed by atoms with Crippen molar-refractivity contribution in [1.82, 2.24) is 0 Å². The van der Waals surface area contributed by atoms with Gasteiger partial charge in [0.05, 0.1) is 25.4 Å². The molecule has 4 rings (SSSR count). The molecule has 4 saturated heterocycles. The van der Waals surface area contributed by atoms with Crippen molar-refractivity contribution in [1.29, 1.82) is 0 Å². The van der Waals surface area contributed by atoms with Gasteiger partial charge in [0.15, 0.2) is 25.2 Å². The second kappa shape index (κ2) is 13.3. The molecule has 0 saturated carbocycles. The third-order valence-electron chi connectivity index (χ3n) is 7.55. The number of aliphatic hydroxyl groups excluding tert-OH is 9. The second-order valence-electron chi connectivity index (χ2n) is 10.4. The third-order valence-corrected chi connectivity index (χ3v) is 7.55. The second-order valence-corrected chi connectivity index (χ2v) is 10.4. The fourth-order valence-electron chi connectivity index (χ4n) is 5.06. The SMILES string of the molecule is CO[C@@H]1OC[C@@H](O)[C@H](O[C@@H]2O[C@@H](C)[C@H](O)[C@@H](O)[C@H]2O)[C@H]1O[C@@H]1O[C@@H](C)[C@H](O[C@@H]2OC[C@@H](O)[C@H](O)[C@H]2O)[C@@H](O)[C@H]1O. The Hall–Kier alpha value is -0.680. The van der Waals surface area contributed by atoms with Gasteiger partial charge in [0, 0.05) is 7.11 Å². The summed E-state index contributed by atoms with van der Waals surface area (Å²) in [4.78, 5) is 0. The Morgan fingerprint density at radius 1 is 0.475 bits per heavy atom. The Labute approximate surface area is 229 Å².